The Morgan fingerprint density at radius 1 is 1.00 bits per heavy atom. The molecule has 0 spiro atoms. The van der Waals surface area contributed by atoms with Crippen LogP contribution in [0.4, 0.5) is 4.39 Å². The van der Waals surface area contributed by atoms with Gasteiger partial charge in [-0.05, 0) is 68.2 Å². The van der Waals surface area contributed by atoms with Gasteiger partial charge in [0.05, 0.1) is 18.3 Å². The first-order chi connectivity index (χ1) is 10.2. The zero-order chi connectivity index (χ0) is 16.1. The lowest BCUT2D eigenvalue weighted by molar-refractivity contribution is 0.00578. The summed E-state index contributed by atoms with van der Waals surface area (Å²) >= 11 is 0. The van der Waals surface area contributed by atoms with Crippen LogP contribution in [0.25, 0.3) is 10.8 Å². The smallest absolute Gasteiger partial charge is 0.495 e. The molecule has 0 saturated carbocycles. The van der Waals surface area contributed by atoms with Gasteiger partial charge >= 0.3 is 7.12 Å². The lowest BCUT2D eigenvalue weighted by Crippen LogP contribution is -2.41. The summed E-state index contributed by atoms with van der Waals surface area (Å²) in [6.45, 7) is 7.98. The van der Waals surface area contributed by atoms with Crippen molar-refractivity contribution >= 4 is 23.4 Å². The van der Waals surface area contributed by atoms with Crippen LogP contribution < -0.4 is 10.2 Å². The molecular weight excluding hydrogens is 282 g/mol. The van der Waals surface area contributed by atoms with Gasteiger partial charge in [-0.3, -0.25) is 0 Å². The van der Waals surface area contributed by atoms with Gasteiger partial charge in [0.15, 0.2) is 0 Å². The van der Waals surface area contributed by atoms with Crippen LogP contribution in [0.15, 0.2) is 30.3 Å². The van der Waals surface area contributed by atoms with Crippen molar-refractivity contribution in [3.63, 3.8) is 0 Å². The van der Waals surface area contributed by atoms with Crippen molar-refractivity contribution in [1.29, 1.82) is 0 Å². The van der Waals surface area contributed by atoms with E-state index in [1.54, 1.807) is 13.2 Å². The van der Waals surface area contributed by atoms with Crippen LogP contribution in [0.1, 0.15) is 27.7 Å². The molecule has 1 heterocycles. The number of benzene rings is 2. The molecule has 22 heavy (non-hydrogen) atoms. The first kappa shape index (κ1) is 15.3. The summed E-state index contributed by atoms with van der Waals surface area (Å²) in [6.07, 6.45) is 0. The van der Waals surface area contributed by atoms with Crippen LogP contribution in [0.2, 0.25) is 0 Å². The van der Waals surface area contributed by atoms with Crippen molar-refractivity contribution in [1.82, 2.24) is 0 Å². The Bertz CT molecular complexity index is 711. The largest absolute Gasteiger partial charge is 0.497 e. The summed E-state index contributed by atoms with van der Waals surface area (Å²) in [5.74, 6) is 0.416. The molecule has 2 aromatic carbocycles. The third-order valence-corrected chi connectivity index (χ3v) is 4.66. The number of hydrogen-bond donors (Lipinski definition) is 0. The Morgan fingerprint density at radius 3 is 2.23 bits per heavy atom. The van der Waals surface area contributed by atoms with Crippen LogP contribution >= 0.6 is 0 Å². The van der Waals surface area contributed by atoms with E-state index in [4.69, 9.17) is 14.0 Å². The molecule has 3 nitrogen and oxygen atoms in total. The fraction of sp³-hybridized carbons (Fsp3) is 0.412. The van der Waals surface area contributed by atoms with Gasteiger partial charge in [-0.25, -0.2) is 4.39 Å². The molecule has 1 fully saturated rings. The van der Waals surface area contributed by atoms with Gasteiger partial charge in [0.25, 0.3) is 0 Å². The van der Waals surface area contributed by atoms with E-state index >= 15 is 0 Å². The van der Waals surface area contributed by atoms with Gasteiger partial charge < -0.3 is 14.0 Å². The summed E-state index contributed by atoms with van der Waals surface area (Å²) in [5, 5.41) is 1.67. The molecule has 5 heteroatoms. The van der Waals surface area contributed by atoms with Crippen LogP contribution in [-0.2, 0) is 9.31 Å². The van der Waals surface area contributed by atoms with Gasteiger partial charge in [0.1, 0.15) is 11.6 Å². The molecule has 0 amide bonds. The quantitative estimate of drug-likeness (QED) is 0.797. The summed E-state index contributed by atoms with van der Waals surface area (Å²) in [5.41, 5.74) is -0.103. The van der Waals surface area contributed by atoms with Crippen LogP contribution in [0.3, 0.4) is 0 Å². The van der Waals surface area contributed by atoms with Gasteiger partial charge in [0.2, 0.25) is 0 Å². The minimum Gasteiger partial charge on any atom is -0.497 e. The van der Waals surface area contributed by atoms with Gasteiger partial charge in [-0.1, -0.05) is 6.07 Å². The highest BCUT2D eigenvalue weighted by Crippen LogP contribution is 2.37. The van der Waals surface area contributed by atoms with E-state index in [0.717, 1.165) is 16.2 Å². The number of fused-ring (bicyclic) bond motifs is 1. The average Bonchev–Trinajstić information content (AvgIpc) is 2.66. The van der Waals surface area contributed by atoms with Crippen LogP contribution in [-0.4, -0.2) is 25.4 Å². The van der Waals surface area contributed by atoms with Crippen molar-refractivity contribution < 1.29 is 18.4 Å². The molecule has 0 aliphatic carbocycles. The van der Waals surface area contributed by atoms with E-state index in [0.29, 0.717) is 5.75 Å². The van der Waals surface area contributed by atoms with E-state index in [9.17, 15) is 4.39 Å². The van der Waals surface area contributed by atoms with E-state index in [2.05, 4.69) is 0 Å². The zero-order valence-electron chi connectivity index (χ0n) is 13.6. The highest BCUT2D eigenvalue weighted by molar-refractivity contribution is 6.65. The molecule has 0 aromatic heterocycles. The van der Waals surface area contributed by atoms with Crippen LogP contribution in [0, 0.1) is 5.82 Å². The van der Waals surface area contributed by atoms with E-state index in [-0.39, 0.29) is 5.82 Å². The summed E-state index contributed by atoms with van der Waals surface area (Å²) in [6, 6.07) is 8.42. The first-order valence-electron chi connectivity index (χ1n) is 7.36. The topological polar surface area (TPSA) is 27.7 Å². The number of methoxy groups -OCH3 is 1. The molecule has 3 rings (SSSR count). The standard InChI is InChI=1S/C17H20BFO3/c1-16(2)17(3,4)22-18(21-16)15-10-13(20-5)8-11-6-7-12(19)9-14(11)15/h6-10H,1-5H3. The number of hydrogen-bond acceptors (Lipinski definition) is 3. The summed E-state index contributed by atoms with van der Waals surface area (Å²) < 4.78 is 31.2. The SMILES string of the molecule is COc1cc(B2OC(C)(C)C(C)(C)O2)c2cc(F)ccc2c1. The van der Waals surface area contributed by atoms with E-state index in [1.807, 2.05) is 39.8 Å². The fourth-order valence-corrected chi connectivity index (χ4v) is 2.61. The Balaban J connectivity index is 2.16. The van der Waals surface area contributed by atoms with E-state index < -0.39 is 18.3 Å². The number of rotatable bonds is 2. The predicted octanol–water partition coefficient (Wildman–Crippen LogP) is 3.29. The molecule has 2 aromatic rings. The maximum atomic E-state index is 13.7. The summed E-state index contributed by atoms with van der Waals surface area (Å²) in [4.78, 5) is 0. The highest BCUT2D eigenvalue weighted by Gasteiger charge is 2.52. The van der Waals surface area contributed by atoms with Crippen molar-refractivity contribution in [2.45, 2.75) is 38.9 Å². The van der Waals surface area contributed by atoms with Crippen molar-refractivity contribution in [2.75, 3.05) is 7.11 Å². The molecule has 0 unspecified atom stereocenters. The molecular formula is C17H20BFO3. The maximum absolute atomic E-state index is 13.7. The average molecular weight is 302 g/mol. The van der Waals surface area contributed by atoms with Crippen molar-refractivity contribution in [3.05, 3.63) is 36.1 Å². The third kappa shape index (κ3) is 2.38. The first-order valence-corrected chi connectivity index (χ1v) is 7.36. The second kappa shape index (κ2) is 4.96. The lowest BCUT2D eigenvalue weighted by Gasteiger charge is -2.32. The molecule has 1 saturated heterocycles. The minimum atomic E-state index is -0.551. The van der Waals surface area contributed by atoms with Gasteiger partial charge in [0, 0.05) is 0 Å². The van der Waals surface area contributed by atoms with Crippen molar-refractivity contribution in [2.24, 2.45) is 0 Å². The summed E-state index contributed by atoms with van der Waals surface area (Å²) in [7, 11) is 1.06. The molecule has 1 aliphatic heterocycles. The molecule has 0 N–H and O–H groups in total. The molecule has 1 aliphatic rings. The molecule has 0 radical (unpaired) electrons. The Morgan fingerprint density at radius 2 is 1.64 bits per heavy atom. The van der Waals surface area contributed by atoms with E-state index in [1.165, 1.54) is 12.1 Å². The number of halogens is 1. The molecule has 116 valence electrons. The Hall–Kier alpha value is -1.59. The number of ether oxygens (including phenoxy) is 1. The monoisotopic (exact) mass is 302 g/mol. The minimum absolute atomic E-state index is 0.282. The second-order valence-corrected chi connectivity index (χ2v) is 6.67. The highest BCUT2D eigenvalue weighted by atomic mass is 19.1. The second-order valence-electron chi connectivity index (χ2n) is 6.67. The Labute approximate surface area is 130 Å². The van der Waals surface area contributed by atoms with Crippen LogP contribution in [0.5, 0.6) is 5.75 Å². The molecule has 0 bridgehead atoms. The third-order valence-electron chi connectivity index (χ3n) is 4.66. The zero-order valence-corrected chi connectivity index (χ0v) is 13.6. The maximum Gasteiger partial charge on any atom is 0.495 e. The predicted molar refractivity (Wildman–Crippen MR) is 86.2 cm³/mol. The molecule has 0 atom stereocenters. The Kier molecular flexibility index (Phi) is 3.46. The lowest BCUT2D eigenvalue weighted by atomic mass is 9.76. The van der Waals surface area contributed by atoms with Gasteiger partial charge in [-0.2, -0.15) is 0 Å². The van der Waals surface area contributed by atoms with Crippen molar-refractivity contribution in [3.8, 4) is 5.75 Å². The van der Waals surface area contributed by atoms with Gasteiger partial charge in [-0.15, -0.1) is 0 Å². The normalized spacial score (nSPS) is 19.6. The fourth-order valence-electron chi connectivity index (χ4n) is 2.61.